The van der Waals surface area contributed by atoms with E-state index in [-0.39, 0.29) is 49.1 Å². The van der Waals surface area contributed by atoms with Crippen LogP contribution in [0.5, 0.6) is 5.75 Å². The molecule has 2 N–H and O–H groups in total. The molecule has 0 unspecified atom stereocenters. The standard InChI is InChI=1S/C20H22N4O6/c1-3-28-18(25)14-10-21-20(27)22-15(14)12-30-16-11-24(13-8-6-5-7-9-13)23-17(16)19(26)29-4-2/h5-9,11H,3-4,10,12H2,1-2H3,(H2,21,22,27). The quantitative estimate of drug-likeness (QED) is 0.629. The van der Waals surface area contributed by atoms with Gasteiger partial charge in [-0.05, 0) is 26.0 Å². The van der Waals surface area contributed by atoms with Crippen molar-refractivity contribution in [3.8, 4) is 11.4 Å². The zero-order chi connectivity index (χ0) is 21.5. The van der Waals surface area contributed by atoms with Crippen LogP contribution in [0.4, 0.5) is 4.79 Å². The highest BCUT2D eigenvalue weighted by Gasteiger charge is 2.26. The third-order valence-corrected chi connectivity index (χ3v) is 4.12. The number of nitrogens with zero attached hydrogens (tertiary/aromatic N) is 2. The number of benzene rings is 1. The molecule has 0 atom stereocenters. The lowest BCUT2D eigenvalue weighted by molar-refractivity contribution is -0.138. The molecule has 1 aliphatic rings. The van der Waals surface area contributed by atoms with E-state index in [2.05, 4.69) is 15.7 Å². The third kappa shape index (κ3) is 4.77. The molecule has 3 rings (SSSR count). The van der Waals surface area contributed by atoms with Crippen molar-refractivity contribution in [1.82, 2.24) is 20.4 Å². The summed E-state index contributed by atoms with van der Waals surface area (Å²) in [7, 11) is 0. The van der Waals surface area contributed by atoms with Crippen molar-refractivity contribution >= 4 is 18.0 Å². The maximum absolute atomic E-state index is 12.3. The average Bonchev–Trinajstić information content (AvgIpc) is 3.18. The predicted molar refractivity (Wildman–Crippen MR) is 105 cm³/mol. The fraction of sp³-hybridized carbons (Fsp3) is 0.300. The number of carbonyl (C=O) groups excluding carboxylic acids is 3. The summed E-state index contributed by atoms with van der Waals surface area (Å²) in [6, 6.07) is 8.71. The van der Waals surface area contributed by atoms with Gasteiger partial charge in [0.15, 0.2) is 5.75 Å². The van der Waals surface area contributed by atoms with Gasteiger partial charge >= 0.3 is 18.0 Å². The molecule has 2 heterocycles. The lowest BCUT2D eigenvalue weighted by Crippen LogP contribution is -2.45. The van der Waals surface area contributed by atoms with Crippen LogP contribution in [0.2, 0.25) is 0 Å². The predicted octanol–water partition coefficient (Wildman–Crippen LogP) is 1.56. The monoisotopic (exact) mass is 414 g/mol. The van der Waals surface area contributed by atoms with E-state index in [1.54, 1.807) is 13.8 Å². The molecule has 10 nitrogen and oxygen atoms in total. The van der Waals surface area contributed by atoms with Crippen LogP contribution >= 0.6 is 0 Å². The van der Waals surface area contributed by atoms with E-state index < -0.39 is 18.0 Å². The van der Waals surface area contributed by atoms with Gasteiger partial charge in [0, 0.05) is 0 Å². The number of rotatable bonds is 8. The van der Waals surface area contributed by atoms with Crippen molar-refractivity contribution in [2.75, 3.05) is 26.4 Å². The number of urea groups is 1. The topological polar surface area (TPSA) is 121 Å². The average molecular weight is 414 g/mol. The fourth-order valence-corrected chi connectivity index (χ4v) is 2.74. The molecule has 30 heavy (non-hydrogen) atoms. The Morgan fingerprint density at radius 2 is 1.80 bits per heavy atom. The van der Waals surface area contributed by atoms with Crippen molar-refractivity contribution in [3.05, 3.63) is 53.5 Å². The van der Waals surface area contributed by atoms with Crippen molar-refractivity contribution in [1.29, 1.82) is 0 Å². The van der Waals surface area contributed by atoms with E-state index in [1.807, 2.05) is 30.3 Å². The molecule has 158 valence electrons. The Balaban J connectivity index is 1.88. The molecule has 2 amide bonds. The Labute approximate surface area is 172 Å². The highest BCUT2D eigenvalue weighted by atomic mass is 16.5. The van der Waals surface area contributed by atoms with Crippen LogP contribution in [0.25, 0.3) is 5.69 Å². The molecule has 0 aliphatic carbocycles. The van der Waals surface area contributed by atoms with Crippen LogP contribution in [0, 0.1) is 0 Å². The number of para-hydroxylation sites is 1. The van der Waals surface area contributed by atoms with E-state index in [1.165, 1.54) is 10.9 Å². The molecule has 10 heteroatoms. The normalized spacial score (nSPS) is 13.3. The zero-order valence-corrected chi connectivity index (χ0v) is 16.6. The number of aromatic nitrogens is 2. The number of hydrogen-bond acceptors (Lipinski definition) is 7. The minimum atomic E-state index is -0.642. The largest absolute Gasteiger partial charge is 0.483 e. The van der Waals surface area contributed by atoms with Crippen LogP contribution in [0.15, 0.2) is 47.8 Å². The summed E-state index contributed by atoms with van der Waals surface area (Å²) in [4.78, 5) is 36.2. The van der Waals surface area contributed by atoms with Crippen LogP contribution < -0.4 is 15.4 Å². The maximum Gasteiger partial charge on any atom is 0.362 e. The second kappa shape index (κ2) is 9.59. The third-order valence-electron chi connectivity index (χ3n) is 4.12. The van der Waals surface area contributed by atoms with Crippen molar-refractivity contribution in [2.45, 2.75) is 13.8 Å². The van der Waals surface area contributed by atoms with Gasteiger partial charge in [-0.3, -0.25) is 0 Å². The molecular formula is C20H22N4O6. The maximum atomic E-state index is 12.3. The van der Waals surface area contributed by atoms with E-state index >= 15 is 0 Å². The Morgan fingerprint density at radius 3 is 2.50 bits per heavy atom. The van der Waals surface area contributed by atoms with E-state index in [4.69, 9.17) is 14.2 Å². The number of carbonyl (C=O) groups is 3. The van der Waals surface area contributed by atoms with Gasteiger partial charge in [0.1, 0.15) is 6.61 Å². The van der Waals surface area contributed by atoms with Gasteiger partial charge < -0.3 is 24.8 Å². The van der Waals surface area contributed by atoms with Crippen molar-refractivity contribution < 1.29 is 28.6 Å². The lowest BCUT2D eigenvalue weighted by atomic mass is 10.1. The van der Waals surface area contributed by atoms with Gasteiger partial charge in [-0.15, -0.1) is 0 Å². The Morgan fingerprint density at radius 1 is 1.10 bits per heavy atom. The molecule has 1 aromatic carbocycles. The number of esters is 2. The molecule has 0 spiro atoms. The summed E-state index contributed by atoms with van der Waals surface area (Å²) in [5.41, 5.74) is 1.20. The van der Waals surface area contributed by atoms with E-state index in [9.17, 15) is 14.4 Å². The first-order valence-electron chi connectivity index (χ1n) is 9.42. The summed E-state index contributed by atoms with van der Waals surface area (Å²) in [6.07, 6.45) is 1.54. The van der Waals surface area contributed by atoms with Crippen LogP contribution in [0.1, 0.15) is 24.3 Å². The molecule has 2 aromatic rings. The second-order valence-corrected chi connectivity index (χ2v) is 6.12. The van der Waals surface area contributed by atoms with Crippen LogP contribution in [0.3, 0.4) is 0 Å². The molecule has 1 aromatic heterocycles. The first-order valence-corrected chi connectivity index (χ1v) is 9.42. The van der Waals surface area contributed by atoms with Gasteiger partial charge in [0.2, 0.25) is 5.69 Å². The van der Waals surface area contributed by atoms with Crippen LogP contribution in [-0.2, 0) is 14.3 Å². The fourth-order valence-electron chi connectivity index (χ4n) is 2.74. The first kappa shape index (κ1) is 20.9. The summed E-state index contributed by atoms with van der Waals surface area (Å²) in [5.74, 6) is -1.05. The number of hydrogen-bond donors (Lipinski definition) is 2. The van der Waals surface area contributed by atoms with Crippen LogP contribution in [-0.4, -0.2) is 54.1 Å². The summed E-state index contributed by atoms with van der Waals surface area (Å²) >= 11 is 0. The minimum absolute atomic E-state index is 0.0113. The van der Waals surface area contributed by atoms with Gasteiger partial charge in [-0.1, -0.05) is 18.2 Å². The summed E-state index contributed by atoms with van der Waals surface area (Å²) < 4.78 is 17.3. The minimum Gasteiger partial charge on any atom is -0.483 e. The number of nitrogens with one attached hydrogen (secondary N) is 2. The van der Waals surface area contributed by atoms with E-state index in [0.717, 1.165) is 5.69 Å². The summed E-state index contributed by atoms with van der Waals surface area (Å²) in [6.45, 7) is 3.59. The van der Waals surface area contributed by atoms with Gasteiger partial charge in [0.25, 0.3) is 0 Å². The molecule has 0 saturated carbocycles. The summed E-state index contributed by atoms with van der Waals surface area (Å²) in [5, 5.41) is 9.34. The van der Waals surface area contributed by atoms with Gasteiger partial charge in [-0.2, -0.15) is 5.10 Å². The van der Waals surface area contributed by atoms with Gasteiger partial charge in [0.05, 0.1) is 42.9 Å². The second-order valence-electron chi connectivity index (χ2n) is 6.12. The zero-order valence-electron chi connectivity index (χ0n) is 16.6. The Kier molecular flexibility index (Phi) is 6.68. The van der Waals surface area contributed by atoms with Crippen molar-refractivity contribution in [3.63, 3.8) is 0 Å². The smallest absolute Gasteiger partial charge is 0.362 e. The molecule has 0 radical (unpaired) electrons. The molecule has 0 fully saturated rings. The van der Waals surface area contributed by atoms with Crippen molar-refractivity contribution in [2.24, 2.45) is 0 Å². The molecule has 1 aliphatic heterocycles. The highest BCUT2D eigenvalue weighted by molar-refractivity contribution is 5.93. The Hall–Kier alpha value is -3.82. The molecular weight excluding hydrogens is 392 g/mol. The molecule has 0 saturated heterocycles. The number of amides is 2. The SMILES string of the molecule is CCOC(=O)C1=C(COc2cn(-c3ccccc3)nc2C(=O)OCC)NC(=O)NC1. The first-order chi connectivity index (χ1) is 14.5. The molecule has 0 bridgehead atoms. The highest BCUT2D eigenvalue weighted by Crippen LogP contribution is 2.22. The van der Waals surface area contributed by atoms with E-state index in [0.29, 0.717) is 0 Å². The Bertz CT molecular complexity index is 967. The van der Waals surface area contributed by atoms with Gasteiger partial charge in [-0.25, -0.2) is 19.1 Å². The lowest BCUT2D eigenvalue weighted by Gasteiger charge is -2.21. The number of ether oxygens (including phenoxy) is 3.